The number of unbranched alkanes of at least 4 members (excludes halogenated alkanes) is 2. The lowest BCUT2D eigenvalue weighted by Gasteiger charge is -2.23. The molecule has 0 amide bonds. The Morgan fingerprint density at radius 3 is 1.17 bits per heavy atom. The average Bonchev–Trinajstić information content (AvgIpc) is 2.85. The number of carbonyl (C=O) groups is 2. The summed E-state index contributed by atoms with van der Waals surface area (Å²) in [7, 11) is 0. The number of ether oxygens (including phenoxy) is 4. The predicted molar refractivity (Wildman–Crippen MR) is 145 cm³/mol. The van der Waals surface area contributed by atoms with Gasteiger partial charge in [0, 0.05) is 0 Å². The maximum absolute atomic E-state index is 11.5. The van der Waals surface area contributed by atoms with Crippen molar-refractivity contribution in [2.24, 2.45) is 11.8 Å². The molecular weight excluding hydrogens is 464 g/mol. The van der Waals surface area contributed by atoms with Crippen molar-refractivity contribution in [1.29, 1.82) is 0 Å². The zero-order valence-corrected chi connectivity index (χ0v) is 25.0. The second-order valence-corrected chi connectivity index (χ2v) is 10.4. The Balaban J connectivity index is -0.000000565. The Morgan fingerprint density at radius 1 is 0.639 bits per heavy atom. The first-order valence-corrected chi connectivity index (χ1v) is 13.8. The van der Waals surface area contributed by atoms with E-state index in [2.05, 4.69) is 27.7 Å². The minimum Gasteiger partial charge on any atom is -0.434 e. The second kappa shape index (κ2) is 23.8. The smallest absolute Gasteiger partial charge is 0.434 e. The number of carbonyl (C=O) groups excluding carboxylic acids is 2. The van der Waals surface area contributed by atoms with E-state index in [0.717, 1.165) is 38.5 Å². The molecular formula is C28H58O8. The van der Waals surface area contributed by atoms with Crippen molar-refractivity contribution in [3.05, 3.63) is 0 Å². The van der Waals surface area contributed by atoms with Crippen molar-refractivity contribution < 1.29 is 39.1 Å². The first kappa shape index (κ1) is 39.0. The summed E-state index contributed by atoms with van der Waals surface area (Å²) in [5.41, 5.74) is -0.857. The lowest BCUT2D eigenvalue weighted by atomic mass is 10.0. The maximum Gasteiger partial charge on any atom is 0.508 e. The van der Waals surface area contributed by atoms with Gasteiger partial charge in [0.15, 0.2) is 0 Å². The van der Waals surface area contributed by atoms with E-state index in [1.807, 2.05) is 41.5 Å². The highest BCUT2D eigenvalue weighted by Crippen LogP contribution is 2.18. The zero-order chi connectivity index (χ0) is 28.6. The van der Waals surface area contributed by atoms with Gasteiger partial charge in [-0.2, -0.15) is 0 Å². The van der Waals surface area contributed by atoms with Crippen LogP contribution in [-0.2, 0) is 18.9 Å². The third-order valence-electron chi connectivity index (χ3n) is 6.38. The van der Waals surface area contributed by atoms with Crippen LogP contribution >= 0.6 is 0 Å². The molecule has 0 saturated carbocycles. The normalized spacial score (nSPS) is 12.7. The third-order valence-corrected chi connectivity index (χ3v) is 6.38. The van der Waals surface area contributed by atoms with Gasteiger partial charge in [0.25, 0.3) is 0 Å². The van der Waals surface area contributed by atoms with Crippen molar-refractivity contribution in [3.8, 4) is 0 Å². The minimum atomic E-state index is -0.535. The molecule has 0 bridgehead atoms. The molecule has 0 spiro atoms. The summed E-state index contributed by atoms with van der Waals surface area (Å²) in [6.07, 6.45) is 9.59. The summed E-state index contributed by atoms with van der Waals surface area (Å²) in [5, 5.41) is 12.0. The van der Waals surface area contributed by atoms with Gasteiger partial charge in [-0.15, -0.1) is 0 Å². The highest BCUT2D eigenvalue weighted by Gasteiger charge is 2.23. The van der Waals surface area contributed by atoms with Crippen molar-refractivity contribution in [1.82, 2.24) is 0 Å². The van der Waals surface area contributed by atoms with E-state index in [1.54, 1.807) is 0 Å². The molecule has 0 aliphatic carbocycles. The van der Waals surface area contributed by atoms with Crippen LogP contribution in [0.15, 0.2) is 0 Å². The van der Waals surface area contributed by atoms with Crippen molar-refractivity contribution in [2.75, 3.05) is 13.2 Å². The Bertz CT molecular complexity index is 474. The standard InChI is InChI=1S/2C14H28O3.H2O2/c2*1-6-9-10-12(7-2)11-16-13(15)17-14(4,5)8-3;1-2/h2*12H,6-11H2,1-5H3;1-2H. The number of hydrogen-bond acceptors (Lipinski definition) is 8. The molecule has 2 atom stereocenters. The summed E-state index contributed by atoms with van der Waals surface area (Å²) in [5.74, 6) is 0.930. The Kier molecular flexibility index (Phi) is 25.8. The van der Waals surface area contributed by atoms with E-state index < -0.39 is 23.5 Å². The molecule has 0 heterocycles. The first-order chi connectivity index (χ1) is 16.9. The average molecular weight is 523 g/mol. The highest BCUT2D eigenvalue weighted by atomic mass is 17.0. The van der Waals surface area contributed by atoms with Crippen LogP contribution in [0.3, 0.4) is 0 Å². The van der Waals surface area contributed by atoms with Gasteiger partial charge in [-0.05, 0) is 65.2 Å². The van der Waals surface area contributed by atoms with Crippen LogP contribution in [0.2, 0.25) is 0 Å². The first-order valence-electron chi connectivity index (χ1n) is 13.8. The van der Waals surface area contributed by atoms with Crippen molar-refractivity contribution >= 4 is 12.3 Å². The van der Waals surface area contributed by atoms with Crippen LogP contribution in [0.4, 0.5) is 9.59 Å². The summed E-state index contributed by atoms with van der Waals surface area (Å²) in [6.45, 7) is 21.1. The topological polar surface area (TPSA) is 112 Å². The molecule has 0 aromatic carbocycles. The lowest BCUT2D eigenvalue weighted by Crippen LogP contribution is -2.28. The van der Waals surface area contributed by atoms with E-state index in [9.17, 15) is 9.59 Å². The third kappa shape index (κ3) is 24.2. The van der Waals surface area contributed by atoms with Crippen LogP contribution < -0.4 is 0 Å². The molecule has 36 heavy (non-hydrogen) atoms. The maximum atomic E-state index is 11.5. The van der Waals surface area contributed by atoms with Crippen molar-refractivity contribution in [3.63, 3.8) is 0 Å². The fourth-order valence-corrected chi connectivity index (χ4v) is 2.82. The van der Waals surface area contributed by atoms with Gasteiger partial charge < -0.3 is 18.9 Å². The molecule has 8 nitrogen and oxygen atoms in total. The van der Waals surface area contributed by atoms with E-state index in [-0.39, 0.29) is 0 Å². The number of rotatable bonds is 16. The molecule has 0 fully saturated rings. The van der Waals surface area contributed by atoms with Crippen LogP contribution in [0.5, 0.6) is 0 Å². The monoisotopic (exact) mass is 522 g/mol. The molecule has 8 heteroatoms. The SMILES string of the molecule is CCCCC(CC)COC(=O)OC(C)(C)CC.CCCCC(CC)COC(=O)OC(C)(C)CC.OO. The quantitative estimate of drug-likeness (QED) is 0.117. The van der Waals surface area contributed by atoms with Crippen LogP contribution in [-0.4, -0.2) is 47.2 Å². The Hall–Kier alpha value is -1.54. The molecule has 0 aromatic heterocycles. The predicted octanol–water partition coefficient (Wildman–Crippen LogP) is 9.11. The second-order valence-electron chi connectivity index (χ2n) is 10.4. The van der Waals surface area contributed by atoms with E-state index in [1.165, 1.54) is 25.7 Å². The molecule has 0 radical (unpaired) electrons. The molecule has 0 aliphatic heterocycles. The van der Waals surface area contributed by atoms with Gasteiger partial charge in [-0.1, -0.05) is 80.1 Å². The van der Waals surface area contributed by atoms with Gasteiger partial charge >= 0.3 is 12.3 Å². The zero-order valence-electron chi connectivity index (χ0n) is 25.0. The fraction of sp³-hybridized carbons (Fsp3) is 0.929. The highest BCUT2D eigenvalue weighted by molar-refractivity contribution is 5.60. The van der Waals surface area contributed by atoms with Gasteiger partial charge in [0.1, 0.15) is 11.2 Å². The van der Waals surface area contributed by atoms with E-state index in [4.69, 9.17) is 29.5 Å². The summed E-state index contributed by atoms with van der Waals surface area (Å²) in [4.78, 5) is 22.9. The van der Waals surface area contributed by atoms with Crippen LogP contribution in [0.25, 0.3) is 0 Å². The van der Waals surface area contributed by atoms with Gasteiger partial charge in [0.05, 0.1) is 13.2 Å². The van der Waals surface area contributed by atoms with Gasteiger partial charge in [-0.25, -0.2) is 9.59 Å². The van der Waals surface area contributed by atoms with E-state index >= 15 is 0 Å². The van der Waals surface area contributed by atoms with Crippen LogP contribution in [0, 0.1) is 11.8 Å². The minimum absolute atomic E-state index is 0.428. The summed E-state index contributed by atoms with van der Waals surface area (Å²) in [6, 6.07) is 0. The molecule has 2 unspecified atom stereocenters. The Morgan fingerprint density at radius 2 is 0.944 bits per heavy atom. The molecule has 0 saturated heterocycles. The molecule has 0 aliphatic rings. The largest absolute Gasteiger partial charge is 0.508 e. The van der Waals surface area contributed by atoms with Gasteiger partial charge in [-0.3, -0.25) is 10.5 Å². The molecule has 218 valence electrons. The summed E-state index contributed by atoms with van der Waals surface area (Å²) < 4.78 is 20.8. The van der Waals surface area contributed by atoms with Crippen LogP contribution in [0.1, 0.15) is 133 Å². The van der Waals surface area contributed by atoms with Gasteiger partial charge in [0.2, 0.25) is 0 Å². The summed E-state index contributed by atoms with van der Waals surface area (Å²) >= 11 is 0. The molecule has 2 N–H and O–H groups in total. The molecule has 0 aromatic rings. The lowest BCUT2D eigenvalue weighted by molar-refractivity contribution is -0.176. The molecule has 0 rings (SSSR count). The number of hydrogen-bond donors (Lipinski definition) is 2. The van der Waals surface area contributed by atoms with Crippen molar-refractivity contribution in [2.45, 2.75) is 145 Å². The Labute approximate surface area is 221 Å². The van der Waals surface area contributed by atoms with E-state index in [0.29, 0.717) is 25.0 Å². The fourth-order valence-electron chi connectivity index (χ4n) is 2.82.